The summed E-state index contributed by atoms with van der Waals surface area (Å²) in [6.07, 6.45) is 5.58. The molecular formula is C17H25F2NO. The van der Waals surface area contributed by atoms with Crippen LogP contribution in [0.25, 0.3) is 0 Å². The van der Waals surface area contributed by atoms with Gasteiger partial charge >= 0.3 is 0 Å². The van der Waals surface area contributed by atoms with Crippen LogP contribution in [0.4, 0.5) is 8.78 Å². The van der Waals surface area contributed by atoms with E-state index < -0.39 is 11.6 Å². The molecular weight excluding hydrogens is 272 g/mol. The number of hydrogen-bond donors (Lipinski definition) is 1. The Balaban J connectivity index is 0.000000677. The molecule has 1 atom stereocenters. The molecule has 1 aromatic carbocycles. The highest BCUT2D eigenvalue weighted by Crippen LogP contribution is 2.46. The first-order valence-corrected chi connectivity index (χ1v) is 7.20. The number of benzene rings is 1. The van der Waals surface area contributed by atoms with E-state index in [2.05, 4.69) is 26.2 Å². The van der Waals surface area contributed by atoms with Crippen LogP contribution in [0.5, 0.6) is 5.75 Å². The van der Waals surface area contributed by atoms with Gasteiger partial charge in [-0.1, -0.05) is 32.9 Å². The summed E-state index contributed by atoms with van der Waals surface area (Å²) in [5.41, 5.74) is 5.68. The largest absolute Gasteiger partial charge is 0.493 e. The minimum atomic E-state index is -0.863. The molecule has 1 saturated carbocycles. The zero-order chi connectivity index (χ0) is 16.0. The maximum Gasteiger partial charge on any atom is 0.200 e. The van der Waals surface area contributed by atoms with Crippen molar-refractivity contribution in [3.8, 4) is 5.75 Å². The lowest BCUT2D eigenvalue weighted by molar-refractivity contribution is 0.216. The van der Waals surface area contributed by atoms with E-state index >= 15 is 0 Å². The van der Waals surface area contributed by atoms with Gasteiger partial charge in [-0.2, -0.15) is 4.39 Å². The van der Waals surface area contributed by atoms with Crippen LogP contribution in [0.3, 0.4) is 0 Å². The Kier molecular flexibility index (Phi) is 6.19. The molecule has 118 valence electrons. The molecule has 0 spiro atoms. The van der Waals surface area contributed by atoms with Gasteiger partial charge in [0, 0.05) is 5.56 Å². The van der Waals surface area contributed by atoms with Gasteiger partial charge in [0.1, 0.15) is 0 Å². The fraction of sp³-hybridized carbons (Fsp3) is 0.529. The van der Waals surface area contributed by atoms with Crippen molar-refractivity contribution in [1.29, 1.82) is 0 Å². The van der Waals surface area contributed by atoms with Crippen molar-refractivity contribution in [2.75, 3.05) is 7.11 Å². The zero-order valence-corrected chi connectivity index (χ0v) is 13.1. The molecule has 1 aliphatic carbocycles. The van der Waals surface area contributed by atoms with Gasteiger partial charge in [-0.05, 0) is 42.9 Å². The van der Waals surface area contributed by atoms with E-state index in [1.54, 1.807) is 6.07 Å². The molecule has 0 amide bonds. The molecule has 1 unspecified atom stereocenters. The van der Waals surface area contributed by atoms with Gasteiger partial charge in [0.15, 0.2) is 11.6 Å². The van der Waals surface area contributed by atoms with E-state index in [0.29, 0.717) is 0 Å². The second kappa shape index (κ2) is 7.43. The summed E-state index contributed by atoms with van der Waals surface area (Å²) in [4.78, 5) is 0. The average Bonchev–Trinajstić information content (AvgIpc) is 2.41. The lowest BCUT2D eigenvalue weighted by atomic mass is 9.70. The number of rotatable bonds is 2. The molecule has 21 heavy (non-hydrogen) atoms. The lowest BCUT2D eigenvalue weighted by Crippen LogP contribution is -2.22. The van der Waals surface area contributed by atoms with Crippen molar-refractivity contribution in [3.05, 3.63) is 42.1 Å². The first-order valence-electron chi connectivity index (χ1n) is 7.20. The molecule has 2 N–H and O–H groups in total. The molecule has 4 heteroatoms. The number of hydrogen-bond acceptors (Lipinski definition) is 2. The van der Waals surface area contributed by atoms with Crippen LogP contribution in [-0.4, -0.2) is 7.11 Å². The maximum absolute atomic E-state index is 13.7. The summed E-state index contributed by atoms with van der Waals surface area (Å²) in [5, 5.41) is 0. The van der Waals surface area contributed by atoms with Crippen molar-refractivity contribution in [2.45, 2.75) is 45.4 Å². The summed E-state index contributed by atoms with van der Waals surface area (Å²) in [6, 6.07) is 2.87. The van der Waals surface area contributed by atoms with Crippen LogP contribution in [-0.2, 0) is 0 Å². The van der Waals surface area contributed by atoms with E-state index in [4.69, 9.17) is 4.74 Å². The standard InChI is InChI=1S/C15H20F2O.C2H5N/c1-15(2)8-4-5-10(9-15)11-6-7-12(16)13(17)14(11)18-3;1-2-3/h6-7,10H,4-5,8-9H2,1-3H3;2H,1,3H2. The molecule has 2 nitrogen and oxygen atoms in total. The van der Waals surface area contributed by atoms with Crippen molar-refractivity contribution < 1.29 is 13.5 Å². The highest BCUT2D eigenvalue weighted by Gasteiger charge is 2.31. The third-order valence-corrected chi connectivity index (χ3v) is 3.93. The van der Waals surface area contributed by atoms with Crippen molar-refractivity contribution in [3.63, 3.8) is 0 Å². The fourth-order valence-electron chi connectivity index (χ4n) is 3.04. The minimum Gasteiger partial charge on any atom is -0.493 e. The Bertz CT molecular complexity index is 486. The van der Waals surface area contributed by atoms with E-state index in [-0.39, 0.29) is 17.1 Å². The lowest BCUT2D eigenvalue weighted by Gasteiger charge is -2.36. The van der Waals surface area contributed by atoms with Crippen LogP contribution in [0.2, 0.25) is 0 Å². The highest BCUT2D eigenvalue weighted by atomic mass is 19.2. The Morgan fingerprint density at radius 1 is 1.38 bits per heavy atom. The fourth-order valence-corrected chi connectivity index (χ4v) is 3.04. The minimum absolute atomic E-state index is 0.0812. The summed E-state index contributed by atoms with van der Waals surface area (Å²) in [6.45, 7) is 7.59. The van der Waals surface area contributed by atoms with Crippen molar-refractivity contribution in [1.82, 2.24) is 0 Å². The third-order valence-electron chi connectivity index (χ3n) is 3.93. The number of ether oxygens (including phenoxy) is 1. The number of halogens is 2. The Morgan fingerprint density at radius 2 is 2.00 bits per heavy atom. The quantitative estimate of drug-likeness (QED) is 0.855. The topological polar surface area (TPSA) is 35.2 Å². The summed E-state index contributed by atoms with van der Waals surface area (Å²) < 4.78 is 32.0. The molecule has 0 bridgehead atoms. The normalized spacial score (nSPS) is 20.1. The third kappa shape index (κ3) is 4.45. The molecule has 2 rings (SSSR count). The first kappa shape index (κ1) is 17.5. The highest BCUT2D eigenvalue weighted by molar-refractivity contribution is 5.38. The van der Waals surface area contributed by atoms with Crippen molar-refractivity contribution >= 4 is 0 Å². The van der Waals surface area contributed by atoms with Crippen LogP contribution in [0.1, 0.15) is 51.0 Å². The van der Waals surface area contributed by atoms with Gasteiger partial charge in [0.2, 0.25) is 5.82 Å². The van der Waals surface area contributed by atoms with Crippen LogP contribution < -0.4 is 10.5 Å². The SMILES string of the molecule is C=CN.COc1c(C2CCCC(C)(C)C2)ccc(F)c1F. The van der Waals surface area contributed by atoms with Gasteiger partial charge in [0.25, 0.3) is 0 Å². The molecule has 0 heterocycles. The number of nitrogens with two attached hydrogens (primary N) is 1. The predicted molar refractivity (Wildman–Crippen MR) is 82.3 cm³/mol. The summed E-state index contributed by atoms with van der Waals surface area (Å²) >= 11 is 0. The van der Waals surface area contributed by atoms with Gasteiger partial charge in [-0.25, -0.2) is 4.39 Å². The van der Waals surface area contributed by atoms with Gasteiger partial charge in [0.05, 0.1) is 7.11 Å². The van der Waals surface area contributed by atoms with E-state index in [1.807, 2.05) is 0 Å². The van der Waals surface area contributed by atoms with Crippen molar-refractivity contribution in [2.24, 2.45) is 11.1 Å². The zero-order valence-electron chi connectivity index (χ0n) is 13.1. The molecule has 0 saturated heterocycles. The molecule has 0 aliphatic heterocycles. The second-order valence-corrected chi connectivity index (χ2v) is 6.18. The van der Waals surface area contributed by atoms with Crippen LogP contribution >= 0.6 is 0 Å². The maximum atomic E-state index is 13.7. The predicted octanol–water partition coefficient (Wildman–Crippen LogP) is 4.75. The van der Waals surface area contributed by atoms with E-state index in [1.165, 1.54) is 25.8 Å². The second-order valence-electron chi connectivity index (χ2n) is 6.18. The Morgan fingerprint density at radius 3 is 2.52 bits per heavy atom. The summed E-state index contributed by atoms with van der Waals surface area (Å²) in [7, 11) is 1.40. The van der Waals surface area contributed by atoms with Gasteiger partial charge in [-0.15, -0.1) is 0 Å². The van der Waals surface area contributed by atoms with E-state index in [9.17, 15) is 8.78 Å². The van der Waals surface area contributed by atoms with E-state index in [0.717, 1.165) is 24.8 Å². The Labute approximate surface area is 126 Å². The van der Waals surface area contributed by atoms with Crippen LogP contribution in [0.15, 0.2) is 24.9 Å². The molecule has 0 radical (unpaired) electrons. The molecule has 0 aromatic heterocycles. The Hall–Kier alpha value is -1.58. The van der Waals surface area contributed by atoms with Gasteiger partial charge < -0.3 is 10.5 Å². The van der Waals surface area contributed by atoms with Crippen LogP contribution in [0, 0.1) is 17.0 Å². The first-order chi connectivity index (χ1) is 9.86. The monoisotopic (exact) mass is 297 g/mol. The summed E-state index contributed by atoms with van der Waals surface area (Å²) in [5.74, 6) is -1.36. The molecule has 1 fully saturated rings. The molecule has 1 aliphatic rings. The molecule has 1 aromatic rings. The number of methoxy groups -OCH3 is 1. The smallest absolute Gasteiger partial charge is 0.200 e. The average molecular weight is 297 g/mol. The van der Waals surface area contributed by atoms with Gasteiger partial charge in [-0.3, -0.25) is 0 Å².